The Morgan fingerprint density at radius 3 is 2.33 bits per heavy atom. The summed E-state index contributed by atoms with van der Waals surface area (Å²) in [6.07, 6.45) is 0. The molecule has 4 nitrogen and oxygen atoms in total. The summed E-state index contributed by atoms with van der Waals surface area (Å²) in [7, 11) is 1.92. The van der Waals surface area contributed by atoms with Gasteiger partial charge in [-0.15, -0.1) is 0 Å². The van der Waals surface area contributed by atoms with Crippen LogP contribution in [0.2, 0.25) is 15.1 Å². The van der Waals surface area contributed by atoms with Crippen LogP contribution in [-0.2, 0) is 4.79 Å². The highest BCUT2D eigenvalue weighted by Crippen LogP contribution is 2.29. The molecule has 0 radical (unpaired) electrons. The maximum atomic E-state index is 12.1. The minimum Gasteiger partial charge on any atom is -0.488 e. The number of nitrogens with one attached hydrogen (secondary N) is 2. The molecule has 2 aromatic carbocycles. The molecule has 0 saturated carbocycles. The third-order valence-corrected chi connectivity index (χ3v) is 4.18. The first-order valence-corrected chi connectivity index (χ1v) is 8.52. The molecule has 1 unspecified atom stereocenters. The molecular formula is C17H18Cl3N2O2+. The van der Waals surface area contributed by atoms with Gasteiger partial charge in [-0.1, -0.05) is 40.9 Å². The lowest BCUT2D eigenvalue weighted by molar-refractivity contribution is -0.871. The Kier molecular flexibility index (Phi) is 7.18. The Morgan fingerprint density at radius 2 is 1.71 bits per heavy atom. The molecular weight excluding hydrogens is 371 g/mol. The molecule has 0 heterocycles. The number of hydrogen-bond acceptors (Lipinski definition) is 2. The Bertz CT molecular complexity index is 672. The lowest BCUT2D eigenvalue weighted by atomic mass is 10.3. The number of benzene rings is 2. The van der Waals surface area contributed by atoms with Crippen molar-refractivity contribution >= 4 is 46.4 Å². The van der Waals surface area contributed by atoms with Crippen molar-refractivity contribution in [1.82, 2.24) is 0 Å². The third kappa shape index (κ3) is 5.87. The topological polar surface area (TPSA) is 42.8 Å². The van der Waals surface area contributed by atoms with Gasteiger partial charge in [0.05, 0.1) is 22.8 Å². The van der Waals surface area contributed by atoms with E-state index in [-0.39, 0.29) is 12.5 Å². The van der Waals surface area contributed by atoms with E-state index in [1.807, 2.05) is 19.2 Å². The Balaban J connectivity index is 1.76. The normalized spacial score (nSPS) is 11.8. The molecule has 24 heavy (non-hydrogen) atoms. The number of anilines is 1. The van der Waals surface area contributed by atoms with Crippen LogP contribution in [0.1, 0.15) is 0 Å². The van der Waals surface area contributed by atoms with Crippen LogP contribution in [0.4, 0.5) is 5.69 Å². The van der Waals surface area contributed by atoms with Crippen molar-refractivity contribution in [2.75, 3.05) is 32.1 Å². The van der Waals surface area contributed by atoms with Gasteiger partial charge in [-0.2, -0.15) is 0 Å². The van der Waals surface area contributed by atoms with Crippen LogP contribution < -0.4 is 15.0 Å². The fourth-order valence-corrected chi connectivity index (χ4v) is 2.66. The SMILES string of the molecule is C[NH+](CCOc1ccc(Cl)cc1)CC(=O)Nc1c(Cl)cccc1Cl. The van der Waals surface area contributed by atoms with Crippen molar-refractivity contribution in [3.05, 3.63) is 57.5 Å². The lowest BCUT2D eigenvalue weighted by Gasteiger charge is -2.15. The van der Waals surface area contributed by atoms with Gasteiger partial charge in [-0.3, -0.25) is 4.79 Å². The minimum atomic E-state index is -0.158. The van der Waals surface area contributed by atoms with Gasteiger partial charge in [0.2, 0.25) is 0 Å². The number of carbonyl (C=O) groups excluding carboxylic acids is 1. The van der Waals surface area contributed by atoms with Crippen LogP contribution in [0.25, 0.3) is 0 Å². The molecule has 2 aromatic rings. The molecule has 0 aliphatic heterocycles. The smallest absolute Gasteiger partial charge is 0.279 e. The number of carbonyl (C=O) groups is 1. The fraction of sp³-hybridized carbons (Fsp3) is 0.235. The summed E-state index contributed by atoms with van der Waals surface area (Å²) in [6, 6.07) is 12.3. The maximum absolute atomic E-state index is 12.1. The van der Waals surface area contributed by atoms with Crippen LogP contribution in [-0.4, -0.2) is 32.7 Å². The van der Waals surface area contributed by atoms with Crippen molar-refractivity contribution in [2.45, 2.75) is 0 Å². The molecule has 128 valence electrons. The molecule has 0 aromatic heterocycles. The highest BCUT2D eigenvalue weighted by Gasteiger charge is 2.13. The molecule has 7 heteroatoms. The van der Waals surface area contributed by atoms with E-state index >= 15 is 0 Å². The Morgan fingerprint density at radius 1 is 1.08 bits per heavy atom. The van der Waals surface area contributed by atoms with E-state index in [4.69, 9.17) is 39.5 Å². The third-order valence-electron chi connectivity index (χ3n) is 3.30. The zero-order valence-corrected chi connectivity index (χ0v) is 15.4. The van der Waals surface area contributed by atoms with Crippen molar-refractivity contribution in [3.63, 3.8) is 0 Å². The van der Waals surface area contributed by atoms with Gasteiger partial charge in [0.1, 0.15) is 18.9 Å². The van der Waals surface area contributed by atoms with Gasteiger partial charge < -0.3 is 15.0 Å². The van der Waals surface area contributed by atoms with E-state index in [9.17, 15) is 4.79 Å². The second-order valence-corrected chi connectivity index (χ2v) is 6.58. The number of ether oxygens (including phenoxy) is 1. The van der Waals surface area contributed by atoms with Gasteiger partial charge in [0, 0.05) is 5.02 Å². The van der Waals surface area contributed by atoms with Crippen molar-refractivity contribution < 1.29 is 14.4 Å². The van der Waals surface area contributed by atoms with Crippen LogP contribution >= 0.6 is 34.8 Å². The number of para-hydroxylation sites is 1. The van der Waals surface area contributed by atoms with E-state index in [2.05, 4.69) is 5.32 Å². The zero-order valence-electron chi connectivity index (χ0n) is 13.1. The molecule has 0 aliphatic carbocycles. The predicted octanol–water partition coefficient (Wildman–Crippen LogP) is 3.18. The monoisotopic (exact) mass is 387 g/mol. The Hall–Kier alpha value is -1.46. The highest BCUT2D eigenvalue weighted by molar-refractivity contribution is 6.39. The van der Waals surface area contributed by atoms with E-state index in [1.165, 1.54) is 0 Å². The van der Waals surface area contributed by atoms with Gasteiger partial charge in [0.15, 0.2) is 6.54 Å². The molecule has 2 rings (SSSR count). The summed E-state index contributed by atoms with van der Waals surface area (Å²) in [5.74, 6) is 0.591. The van der Waals surface area contributed by atoms with E-state index < -0.39 is 0 Å². The zero-order chi connectivity index (χ0) is 17.5. The fourth-order valence-electron chi connectivity index (χ4n) is 2.04. The molecule has 0 fully saturated rings. The number of hydrogen-bond donors (Lipinski definition) is 2. The number of quaternary nitrogens is 1. The van der Waals surface area contributed by atoms with Crippen LogP contribution in [0.15, 0.2) is 42.5 Å². The first-order valence-electron chi connectivity index (χ1n) is 7.39. The van der Waals surface area contributed by atoms with Gasteiger partial charge in [-0.05, 0) is 36.4 Å². The van der Waals surface area contributed by atoms with E-state index in [1.54, 1.807) is 30.3 Å². The second-order valence-electron chi connectivity index (χ2n) is 5.33. The average molecular weight is 389 g/mol. The molecule has 1 atom stereocenters. The molecule has 0 aliphatic rings. The maximum Gasteiger partial charge on any atom is 0.279 e. The molecule has 0 spiro atoms. The predicted molar refractivity (Wildman–Crippen MR) is 98.7 cm³/mol. The van der Waals surface area contributed by atoms with Crippen LogP contribution in [0, 0.1) is 0 Å². The molecule has 1 amide bonds. The quantitative estimate of drug-likeness (QED) is 0.765. The number of likely N-dealkylation sites (N-methyl/N-ethyl adjacent to an activating group) is 1. The summed E-state index contributed by atoms with van der Waals surface area (Å²) in [4.78, 5) is 13.1. The summed E-state index contributed by atoms with van der Waals surface area (Å²) in [5, 5.41) is 4.24. The average Bonchev–Trinajstić information content (AvgIpc) is 2.53. The summed E-state index contributed by atoms with van der Waals surface area (Å²) < 4.78 is 5.62. The molecule has 2 N–H and O–H groups in total. The highest BCUT2D eigenvalue weighted by atomic mass is 35.5. The molecule has 0 saturated heterocycles. The lowest BCUT2D eigenvalue weighted by Crippen LogP contribution is -3.10. The van der Waals surface area contributed by atoms with Crippen molar-refractivity contribution in [3.8, 4) is 5.75 Å². The van der Waals surface area contributed by atoms with Gasteiger partial charge >= 0.3 is 0 Å². The van der Waals surface area contributed by atoms with Gasteiger partial charge in [0.25, 0.3) is 5.91 Å². The summed E-state index contributed by atoms with van der Waals surface area (Å²) in [5.41, 5.74) is 0.441. The van der Waals surface area contributed by atoms with Gasteiger partial charge in [-0.25, -0.2) is 0 Å². The van der Waals surface area contributed by atoms with E-state index in [0.717, 1.165) is 10.6 Å². The van der Waals surface area contributed by atoms with E-state index in [0.29, 0.717) is 33.9 Å². The van der Waals surface area contributed by atoms with Crippen molar-refractivity contribution in [1.29, 1.82) is 0 Å². The summed E-state index contributed by atoms with van der Waals surface area (Å²) >= 11 is 17.9. The minimum absolute atomic E-state index is 0.158. The second kappa shape index (κ2) is 9.14. The first kappa shape index (κ1) is 18.9. The number of amides is 1. The Labute approximate surface area is 156 Å². The number of rotatable bonds is 7. The molecule has 0 bridgehead atoms. The first-order chi connectivity index (χ1) is 11.5. The standard InChI is InChI=1S/C17H17Cl3N2O2/c1-22(9-10-24-13-7-5-12(18)6-8-13)11-16(23)21-17-14(19)3-2-4-15(17)20/h2-8H,9-11H2,1H3,(H,21,23)/p+1. The van der Waals surface area contributed by atoms with Crippen LogP contribution in [0.5, 0.6) is 5.75 Å². The van der Waals surface area contributed by atoms with Crippen LogP contribution in [0.3, 0.4) is 0 Å². The summed E-state index contributed by atoms with van der Waals surface area (Å²) in [6.45, 7) is 1.45. The van der Waals surface area contributed by atoms with Crippen molar-refractivity contribution in [2.24, 2.45) is 0 Å². The number of halogens is 3. The largest absolute Gasteiger partial charge is 0.488 e.